The number of imidazole rings is 1. The Labute approximate surface area is 107 Å². The van der Waals surface area contributed by atoms with E-state index in [0.717, 1.165) is 0 Å². The Kier molecular flexibility index (Phi) is 3.23. The molecule has 0 unspecified atom stereocenters. The minimum Gasteiger partial charge on any atom is -0.493 e. The van der Waals surface area contributed by atoms with Crippen LogP contribution < -0.4 is 16.2 Å². The summed E-state index contributed by atoms with van der Waals surface area (Å²) in [4.78, 5) is 26.3. The highest BCUT2D eigenvalue weighted by Crippen LogP contribution is 2.23. The molecule has 0 aliphatic carbocycles. The van der Waals surface area contributed by atoms with Crippen molar-refractivity contribution in [3.8, 4) is 5.75 Å². The molecule has 8 heteroatoms. The molecular formula is C11H12N4O4. The average molecular weight is 264 g/mol. The summed E-state index contributed by atoms with van der Waals surface area (Å²) in [5.74, 6) is -0.446. The second kappa shape index (κ2) is 4.84. The number of carbonyl (C=O) groups is 2. The Bertz CT molecular complexity index is 649. The van der Waals surface area contributed by atoms with Gasteiger partial charge in [-0.3, -0.25) is 4.40 Å². The van der Waals surface area contributed by atoms with Crippen molar-refractivity contribution in [3.63, 3.8) is 0 Å². The standard InChI is InChI=1S/C11H12N4O4/c1-2-18-8-3-6-4-14-10(12)15(6)5-7(8)9(16)19-11(13)17/h3-5H,2H2,1H3,(H2,12,14)(H2,13,17). The number of anilines is 1. The summed E-state index contributed by atoms with van der Waals surface area (Å²) in [6.45, 7) is 2.11. The number of amides is 1. The Morgan fingerprint density at radius 2 is 2.21 bits per heavy atom. The van der Waals surface area contributed by atoms with Gasteiger partial charge in [-0.15, -0.1) is 0 Å². The van der Waals surface area contributed by atoms with E-state index in [4.69, 9.17) is 16.2 Å². The topological polar surface area (TPSA) is 122 Å². The molecule has 0 aliphatic heterocycles. The van der Waals surface area contributed by atoms with Crippen LogP contribution in [0.2, 0.25) is 0 Å². The summed E-state index contributed by atoms with van der Waals surface area (Å²) < 4.78 is 11.1. The summed E-state index contributed by atoms with van der Waals surface area (Å²) in [7, 11) is 0. The van der Waals surface area contributed by atoms with Crippen LogP contribution in [0.5, 0.6) is 5.75 Å². The zero-order chi connectivity index (χ0) is 14.0. The molecule has 4 N–H and O–H groups in total. The molecule has 0 aliphatic rings. The van der Waals surface area contributed by atoms with Gasteiger partial charge in [0.15, 0.2) is 0 Å². The second-order valence-corrected chi connectivity index (χ2v) is 3.60. The largest absolute Gasteiger partial charge is 0.493 e. The third kappa shape index (κ3) is 2.41. The molecule has 100 valence electrons. The smallest absolute Gasteiger partial charge is 0.412 e. The lowest BCUT2D eigenvalue weighted by Crippen LogP contribution is -2.19. The molecule has 0 fully saturated rings. The lowest BCUT2D eigenvalue weighted by molar-refractivity contribution is 0.0633. The number of aromatic nitrogens is 2. The fourth-order valence-electron chi connectivity index (χ4n) is 1.62. The molecule has 8 nitrogen and oxygen atoms in total. The van der Waals surface area contributed by atoms with Gasteiger partial charge >= 0.3 is 12.1 Å². The number of ether oxygens (including phenoxy) is 2. The van der Waals surface area contributed by atoms with E-state index in [-0.39, 0.29) is 17.3 Å². The maximum Gasteiger partial charge on any atom is 0.412 e. The average Bonchev–Trinajstić information content (AvgIpc) is 2.69. The zero-order valence-corrected chi connectivity index (χ0v) is 10.1. The van der Waals surface area contributed by atoms with E-state index in [0.29, 0.717) is 12.1 Å². The number of nitrogens with zero attached hydrogens (tertiary/aromatic N) is 2. The molecule has 19 heavy (non-hydrogen) atoms. The molecule has 2 rings (SSSR count). The van der Waals surface area contributed by atoms with Gasteiger partial charge in [-0.1, -0.05) is 0 Å². The van der Waals surface area contributed by atoms with Crippen molar-refractivity contribution in [2.45, 2.75) is 6.92 Å². The first-order valence-corrected chi connectivity index (χ1v) is 5.44. The van der Waals surface area contributed by atoms with Crippen molar-refractivity contribution in [3.05, 3.63) is 24.0 Å². The number of nitrogens with two attached hydrogens (primary N) is 2. The quantitative estimate of drug-likeness (QED) is 0.616. The zero-order valence-electron chi connectivity index (χ0n) is 10.1. The minimum absolute atomic E-state index is 0.0397. The number of pyridine rings is 1. The molecule has 2 heterocycles. The molecular weight excluding hydrogens is 252 g/mol. The predicted octanol–water partition coefficient (Wildman–Crippen LogP) is 0.551. The lowest BCUT2D eigenvalue weighted by atomic mass is 10.2. The first-order chi connectivity index (χ1) is 9.02. The van der Waals surface area contributed by atoms with Crippen molar-refractivity contribution in [1.82, 2.24) is 9.38 Å². The van der Waals surface area contributed by atoms with Gasteiger partial charge in [-0.25, -0.2) is 14.6 Å². The highest BCUT2D eigenvalue weighted by Gasteiger charge is 2.18. The maximum absolute atomic E-state index is 11.7. The van der Waals surface area contributed by atoms with Crippen LogP contribution in [0.4, 0.5) is 10.7 Å². The number of fused-ring (bicyclic) bond motifs is 1. The van der Waals surface area contributed by atoms with Gasteiger partial charge in [0.1, 0.15) is 11.3 Å². The molecule has 0 saturated heterocycles. The fourth-order valence-corrected chi connectivity index (χ4v) is 1.62. The highest BCUT2D eigenvalue weighted by molar-refractivity contribution is 5.98. The van der Waals surface area contributed by atoms with E-state index in [1.165, 1.54) is 16.8 Å². The molecule has 1 amide bonds. The molecule has 0 radical (unpaired) electrons. The summed E-state index contributed by atoms with van der Waals surface area (Å²) in [6, 6.07) is 1.57. The number of primary amides is 1. The third-order valence-corrected chi connectivity index (χ3v) is 2.37. The summed E-state index contributed by atoms with van der Waals surface area (Å²) in [5, 5.41) is 0. The summed E-state index contributed by atoms with van der Waals surface area (Å²) >= 11 is 0. The number of hydrogen-bond acceptors (Lipinski definition) is 6. The highest BCUT2D eigenvalue weighted by atomic mass is 16.6. The molecule has 0 spiro atoms. The minimum atomic E-state index is -1.19. The Balaban J connectivity index is 2.54. The van der Waals surface area contributed by atoms with Crippen molar-refractivity contribution in [2.24, 2.45) is 5.73 Å². The number of carbonyl (C=O) groups excluding carboxylic acids is 2. The molecule has 2 aromatic rings. The summed E-state index contributed by atoms with van der Waals surface area (Å²) in [5.41, 5.74) is 11.1. The first-order valence-electron chi connectivity index (χ1n) is 5.44. The van der Waals surface area contributed by atoms with Crippen LogP contribution in [0.25, 0.3) is 5.52 Å². The van der Waals surface area contributed by atoms with Gasteiger partial charge in [0.05, 0.1) is 18.3 Å². The SMILES string of the molecule is CCOc1cc2cnc(N)n2cc1C(=O)OC(N)=O. The van der Waals surface area contributed by atoms with Crippen LogP contribution in [-0.4, -0.2) is 28.1 Å². The maximum atomic E-state index is 11.7. The van der Waals surface area contributed by atoms with E-state index in [9.17, 15) is 9.59 Å². The number of esters is 1. The Morgan fingerprint density at radius 3 is 2.84 bits per heavy atom. The first kappa shape index (κ1) is 12.7. The Hall–Kier alpha value is -2.77. The van der Waals surface area contributed by atoms with Gasteiger partial charge < -0.3 is 20.9 Å². The van der Waals surface area contributed by atoms with E-state index >= 15 is 0 Å². The van der Waals surface area contributed by atoms with Crippen LogP contribution in [-0.2, 0) is 4.74 Å². The molecule has 0 atom stereocenters. The van der Waals surface area contributed by atoms with E-state index in [1.54, 1.807) is 13.0 Å². The number of nitrogen functional groups attached to an aromatic ring is 1. The molecule has 2 aromatic heterocycles. The second-order valence-electron chi connectivity index (χ2n) is 3.60. The van der Waals surface area contributed by atoms with E-state index in [1.807, 2.05) is 0 Å². The normalized spacial score (nSPS) is 10.4. The fraction of sp³-hybridized carbons (Fsp3) is 0.182. The third-order valence-electron chi connectivity index (χ3n) is 2.37. The van der Waals surface area contributed by atoms with Gasteiger partial charge in [-0.05, 0) is 6.92 Å². The van der Waals surface area contributed by atoms with E-state index < -0.39 is 12.1 Å². The van der Waals surface area contributed by atoms with Crippen molar-refractivity contribution in [1.29, 1.82) is 0 Å². The van der Waals surface area contributed by atoms with Crippen LogP contribution in [0.15, 0.2) is 18.5 Å². The van der Waals surface area contributed by atoms with E-state index in [2.05, 4.69) is 9.72 Å². The predicted molar refractivity (Wildman–Crippen MR) is 65.8 cm³/mol. The van der Waals surface area contributed by atoms with Crippen LogP contribution >= 0.6 is 0 Å². The van der Waals surface area contributed by atoms with Crippen molar-refractivity contribution < 1.29 is 19.1 Å². The molecule has 0 bridgehead atoms. The number of rotatable bonds is 3. The van der Waals surface area contributed by atoms with Crippen LogP contribution in [0.1, 0.15) is 17.3 Å². The Morgan fingerprint density at radius 1 is 1.47 bits per heavy atom. The number of hydrogen-bond donors (Lipinski definition) is 2. The van der Waals surface area contributed by atoms with Gasteiger partial charge in [-0.2, -0.15) is 0 Å². The van der Waals surface area contributed by atoms with Gasteiger partial charge in [0.2, 0.25) is 5.95 Å². The molecule has 0 saturated carbocycles. The van der Waals surface area contributed by atoms with Crippen molar-refractivity contribution >= 4 is 23.5 Å². The van der Waals surface area contributed by atoms with Crippen LogP contribution in [0, 0.1) is 0 Å². The lowest BCUT2D eigenvalue weighted by Gasteiger charge is -2.09. The van der Waals surface area contributed by atoms with Gasteiger partial charge in [0.25, 0.3) is 0 Å². The molecule has 0 aromatic carbocycles. The summed E-state index contributed by atoms with van der Waals surface area (Å²) in [6.07, 6.45) is 1.72. The van der Waals surface area contributed by atoms with Gasteiger partial charge in [0, 0.05) is 12.3 Å². The van der Waals surface area contributed by atoms with Crippen molar-refractivity contribution in [2.75, 3.05) is 12.3 Å². The van der Waals surface area contributed by atoms with Crippen LogP contribution in [0.3, 0.4) is 0 Å². The monoisotopic (exact) mass is 264 g/mol.